The fourth-order valence-corrected chi connectivity index (χ4v) is 3.31. The number of nitrogens with zero attached hydrogens (tertiary/aromatic N) is 2. The molecule has 3 rings (SSSR count). The van der Waals surface area contributed by atoms with Crippen molar-refractivity contribution >= 4 is 22.9 Å². The molecule has 1 atom stereocenters. The summed E-state index contributed by atoms with van der Waals surface area (Å²) in [5, 5.41) is 13.4. The van der Waals surface area contributed by atoms with Gasteiger partial charge in [-0.15, -0.1) is 0 Å². The van der Waals surface area contributed by atoms with Crippen molar-refractivity contribution in [3.63, 3.8) is 0 Å². The van der Waals surface area contributed by atoms with Crippen molar-refractivity contribution in [3.05, 3.63) is 76.7 Å². The number of nitriles is 1. The van der Waals surface area contributed by atoms with Gasteiger partial charge < -0.3 is 9.88 Å². The van der Waals surface area contributed by atoms with E-state index in [1.54, 1.807) is 18.2 Å². The monoisotopic (exact) mass is 389 g/mol. The number of amides is 1. The van der Waals surface area contributed by atoms with E-state index >= 15 is 0 Å². The lowest BCUT2D eigenvalue weighted by atomic mass is 10.1. The Morgan fingerprint density at radius 1 is 1.24 bits per heavy atom. The number of nitrogens with one attached hydrogen (secondary N) is 1. The van der Waals surface area contributed by atoms with Crippen LogP contribution in [0.2, 0.25) is 0 Å². The van der Waals surface area contributed by atoms with Gasteiger partial charge in [0.2, 0.25) is 0 Å². The Bertz CT molecular complexity index is 1100. The minimum atomic E-state index is -0.364. The maximum Gasteiger partial charge on any atom is 0.262 e. The average molecular weight is 389 g/mol. The lowest BCUT2D eigenvalue weighted by molar-refractivity contribution is -0.117. The molecule has 0 unspecified atom stereocenters. The molecule has 5 heteroatoms. The summed E-state index contributed by atoms with van der Waals surface area (Å²) in [5.41, 5.74) is 3.84. The summed E-state index contributed by atoms with van der Waals surface area (Å²) in [5.74, 6) is -0.631. The number of carbonyl (C=O) groups is 1. The van der Waals surface area contributed by atoms with Gasteiger partial charge in [0.25, 0.3) is 5.91 Å². The first-order chi connectivity index (χ1) is 13.9. The molecule has 0 aliphatic heterocycles. The predicted molar refractivity (Wildman–Crippen MR) is 114 cm³/mol. The highest BCUT2D eigenvalue weighted by Crippen LogP contribution is 2.29. The van der Waals surface area contributed by atoms with Crippen LogP contribution in [0.25, 0.3) is 17.0 Å². The number of rotatable bonds is 6. The molecule has 29 heavy (non-hydrogen) atoms. The van der Waals surface area contributed by atoms with Crippen LogP contribution in [0, 0.1) is 24.1 Å². The lowest BCUT2D eigenvalue weighted by Gasteiger charge is -2.10. The number of halogens is 1. The number of hydrogen-bond donors (Lipinski definition) is 1. The van der Waals surface area contributed by atoms with Crippen LogP contribution >= 0.6 is 0 Å². The molecule has 2 aromatic carbocycles. The summed E-state index contributed by atoms with van der Waals surface area (Å²) in [6.45, 7) is 6.43. The molecular formula is C24H24FN3O. The third kappa shape index (κ3) is 4.38. The van der Waals surface area contributed by atoms with Gasteiger partial charge in [-0.25, -0.2) is 4.39 Å². The fourth-order valence-electron chi connectivity index (χ4n) is 3.31. The van der Waals surface area contributed by atoms with Crippen LogP contribution < -0.4 is 5.32 Å². The minimum absolute atomic E-state index is 0.000153. The zero-order valence-electron chi connectivity index (χ0n) is 16.9. The molecule has 0 radical (unpaired) electrons. The van der Waals surface area contributed by atoms with Crippen molar-refractivity contribution < 1.29 is 9.18 Å². The normalized spacial score (nSPS) is 12.6. The largest absolute Gasteiger partial charge is 0.349 e. The van der Waals surface area contributed by atoms with Crippen molar-refractivity contribution in [3.8, 4) is 6.07 Å². The molecule has 0 fully saturated rings. The molecule has 3 aromatic rings. The Kier molecular flexibility index (Phi) is 6.13. The van der Waals surface area contributed by atoms with E-state index in [0.29, 0.717) is 6.54 Å². The van der Waals surface area contributed by atoms with Gasteiger partial charge in [0.05, 0.1) is 0 Å². The molecule has 0 saturated carbocycles. The van der Waals surface area contributed by atoms with Crippen LogP contribution in [0.1, 0.15) is 37.1 Å². The van der Waals surface area contributed by atoms with Gasteiger partial charge in [-0.1, -0.05) is 37.3 Å². The van der Waals surface area contributed by atoms with Crippen molar-refractivity contribution in [2.24, 2.45) is 0 Å². The highest BCUT2D eigenvalue weighted by molar-refractivity contribution is 6.04. The summed E-state index contributed by atoms with van der Waals surface area (Å²) < 4.78 is 15.4. The molecule has 148 valence electrons. The zero-order valence-corrected chi connectivity index (χ0v) is 16.9. The molecule has 0 saturated heterocycles. The topological polar surface area (TPSA) is 57.8 Å². The van der Waals surface area contributed by atoms with Gasteiger partial charge in [0.1, 0.15) is 17.5 Å². The van der Waals surface area contributed by atoms with E-state index in [2.05, 4.69) is 9.88 Å². The highest BCUT2D eigenvalue weighted by Gasteiger charge is 2.17. The van der Waals surface area contributed by atoms with Gasteiger partial charge in [-0.3, -0.25) is 4.79 Å². The molecule has 0 spiro atoms. The minimum Gasteiger partial charge on any atom is -0.349 e. The second kappa shape index (κ2) is 8.74. The van der Waals surface area contributed by atoms with E-state index in [1.165, 1.54) is 12.1 Å². The van der Waals surface area contributed by atoms with Crippen molar-refractivity contribution in [1.29, 1.82) is 5.26 Å². The predicted octanol–water partition coefficient (Wildman–Crippen LogP) is 4.96. The van der Waals surface area contributed by atoms with Gasteiger partial charge in [0, 0.05) is 34.7 Å². The van der Waals surface area contributed by atoms with Gasteiger partial charge in [0.15, 0.2) is 0 Å². The molecule has 4 nitrogen and oxygen atoms in total. The first-order valence-corrected chi connectivity index (χ1v) is 9.69. The fraction of sp³-hybridized carbons (Fsp3) is 0.250. The molecule has 1 amide bonds. The number of fused-ring (bicyclic) bond motifs is 1. The number of aromatic nitrogens is 1. The van der Waals surface area contributed by atoms with Crippen LogP contribution in [0.15, 0.2) is 54.1 Å². The van der Waals surface area contributed by atoms with E-state index < -0.39 is 0 Å². The van der Waals surface area contributed by atoms with Gasteiger partial charge in [-0.2, -0.15) is 5.26 Å². The second-order valence-corrected chi connectivity index (χ2v) is 7.18. The summed E-state index contributed by atoms with van der Waals surface area (Å²) in [6.07, 6.45) is 2.46. The summed E-state index contributed by atoms with van der Waals surface area (Å²) in [6, 6.07) is 16.3. The van der Waals surface area contributed by atoms with Crippen molar-refractivity contribution in [1.82, 2.24) is 9.88 Å². The van der Waals surface area contributed by atoms with Crippen molar-refractivity contribution in [2.75, 3.05) is 0 Å². The van der Waals surface area contributed by atoms with E-state index in [0.717, 1.165) is 34.1 Å². The lowest BCUT2D eigenvalue weighted by Crippen LogP contribution is -2.32. The van der Waals surface area contributed by atoms with Gasteiger partial charge in [-0.05, 0) is 50.1 Å². The maximum absolute atomic E-state index is 13.3. The second-order valence-electron chi connectivity index (χ2n) is 7.18. The zero-order chi connectivity index (χ0) is 21.0. The molecule has 1 heterocycles. The molecule has 0 bridgehead atoms. The molecule has 0 aliphatic rings. The molecule has 1 N–H and O–H groups in total. The Morgan fingerprint density at radius 2 is 1.93 bits per heavy atom. The Labute approximate surface area is 170 Å². The quantitative estimate of drug-likeness (QED) is 0.479. The van der Waals surface area contributed by atoms with Gasteiger partial charge >= 0.3 is 0 Å². The van der Waals surface area contributed by atoms with Crippen molar-refractivity contribution in [2.45, 2.75) is 39.8 Å². The Balaban J connectivity index is 2.06. The average Bonchev–Trinajstić information content (AvgIpc) is 2.98. The van der Waals surface area contributed by atoms with Crippen LogP contribution in [0.5, 0.6) is 0 Å². The van der Waals surface area contributed by atoms with Crippen LogP contribution in [-0.4, -0.2) is 16.5 Å². The first kappa shape index (κ1) is 20.3. The smallest absolute Gasteiger partial charge is 0.262 e. The summed E-state index contributed by atoms with van der Waals surface area (Å²) >= 11 is 0. The maximum atomic E-state index is 13.3. The molecule has 1 aromatic heterocycles. The van der Waals surface area contributed by atoms with Crippen LogP contribution in [0.3, 0.4) is 0 Å². The molecule has 0 aliphatic carbocycles. The first-order valence-electron chi connectivity index (χ1n) is 9.69. The number of para-hydroxylation sites is 1. The molecular weight excluding hydrogens is 365 g/mol. The number of benzene rings is 2. The Morgan fingerprint density at radius 3 is 2.59 bits per heavy atom. The van der Waals surface area contributed by atoms with Crippen LogP contribution in [-0.2, 0) is 11.3 Å². The van der Waals surface area contributed by atoms with E-state index in [1.807, 2.05) is 51.1 Å². The summed E-state index contributed by atoms with van der Waals surface area (Å²) in [7, 11) is 0. The van der Waals surface area contributed by atoms with E-state index in [4.69, 9.17) is 0 Å². The number of hydrogen-bond acceptors (Lipinski definition) is 2. The van der Waals surface area contributed by atoms with E-state index in [-0.39, 0.29) is 23.3 Å². The summed E-state index contributed by atoms with van der Waals surface area (Å²) in [4.78, 5) is 12.5. The van der Waals surface area contributed by atoms with Crippen LogP contribution in [0.4, 0.5) is 4.39 Å². The third-order valence-corrected chi connectivity index (χ3v) is 5.18. The third-order valence-electron chi connectivity index (χ3n) is 5.18. The number of carbonyl (C=O) groups excluding carboxylic acids is 1. The Hall–Kier alpha value is -3.39. The van der Waals surface area contributed by atoms with E-state index in [9.17, 15) is 14.4 Å². The standard InChI is InChI=1S/C24H24FN3O/c1-4-16(2)27-24(29)19(14-26)13-22-17(3)28(23-8-6-5-7-21(22)23)15-18-9-11-20(25)12-10-18/h5-13,16H,4,15H2,1-3H3,(H,27,29)/b19-13+/t16-/m0/s1. The highest BCUT2D eigenvalue weighted by atomic mass is 19.1. The SMILES string of the molecule is CC[C@H](C)NC(=O)/C(C#N)=C/c1c(C)n(Cc2ccc(F)cc2)c2ccccc12.